The number of carbonyl (C=O) groups is 1. The molecule has 1 amide bonds. The van der Waals surface area contributed by atoms with Gasteiger partial charge in [-0.3, -0.25) is 4.79 Å². The minimum Gasteiger partial charge on any atom is -0.486 e. The Labute approximate surface area is 185 Å². The summed E-state index contributed by atoms with van der Waals surface area (Å²) in [6.45, 7) is 4.48. The van der Waals surface area contributed by atoms with Gasteiger partial charge in [0.15, 0.2) is 0 Å². The molecular weight excluding hydrogens is 420 g/mol. The van der Waals surface area contributed by atoms with Gasteiger partial charge in [-0.1, -0.05) is 48.9 Å². The Morgan fingerprint density at radius 1 is 1.27 bits per heavy atom. The molecule has 0 aliphatic carbocycles. The van der Waals surface area contributed by atoms with E-state index in [4.69, 9.17) is 16.3 Å². The van der Waals surface area contributed by atoms with Gasteiger partial charge in [0, 0.05) is 28.9 Å². The van der Waals surface area contributed by atoms with E-state index in [0.29, 0.717) is 29.4 Å². The summed E-state index contributed by atoms with van der Waals surface area (Å²) >= 11 is 7.69. The fourth-order valence-corrected chi connectivity index (χ4v) is 4.07. The van der Waals surface area contributed by atoms with Crippen LogP contribution in [-0.4, -0.2) is 20.9 Å². The van der Waals surface area contributed by atoms with E-state index in [1.807, 2.05) is 66.6 Å². The second-order valence-corrected chi connectivity index (χ2v) is 8.27. The molecule has 158 valence electrons. The second kappa shape index (κ2) is 10.6. The van der Waals surface area contributed by atoms with Gasteiger partial charge < -0.3 is 14.7 Å². The van der Waals surface area contributed by atoms with E-state index in [1.54, 1.807) is 6.07 Å². The molecule has 3 rings (SSSR count). The molecule has 30 heavy (non-hydrogen) atoms. The Morgan fingerprint density at radius 2 is 2.03 bits per heavy atom. The molecule has 0 bridgehead atoms. The summed E-state index contributed by atoms with van der Waals surface area (Å²) in [4.78, 5) is 18.9. The molecule has 3 aromatic rings. The van der Waals surface area contributed by atoms with E-state index in [9.17, 15) is 9.90 Å². The third kappa shape index (κ3) is 5.59. The van der Waals surface area contributed by atoms with Crippen molar-refractivity contribution < 1.29 is 14.6 Å². The Kier molecular flexibility index (Phi) is 7.85. The van der Waals surface area contributed by atoms with Gasteiger partial charge in [-0.15, -0.1) is 11.3 Å². The number of benzene rings is 2. The van der Waals surface area contributed by atoms with Gasteiger partial charge in [0.2, 0.25) is 5.91 Å². The molecular formula is C23H25ClN2O3S. The van der Waals surface area contributed by atoms with Crippen LogP contribution in [0.5, 0.6) is 5.75 Å². The highest BCUT2D eigenvalue weighted by Crippen LogP contribution is 2.29. The van der Waals surface area contributed by atoms with Crippen molar-refractivity contribution >= 4 is 28.8 Å². The first kappa shape index (κ1) is 22.3. The molecule has 5 nitrogen and oxygen atoms in total. The smallest absolute Gasteiger partial charge is 0.223 e. The van der Waals surface area contributed by atoms with Gasteiger partial charge in [0.1, 0.15) is 17.4 Å². The van der Waals surface area contributed by atoms with E-state index >= 15 is 0 Å². The van der Waals surface area contributed by atoms with Crippen LogP contribution < -0.4 is 4.74 Å². The van der Waals surface area contributed by atoms with Gasteiger partial charge in [-0.05, 0) is 30.7 Å². The van der Waals surface area contributed by atoms with Crippen LogP contribution in [0.1, 0.15) is 48.1 Å². The molecule has 1 aromatic heterocycles. The summed E-state index contributed by atoms with van der Waals surface area (Å²) < 4.78 is 6.01. The molecule has 0 aliphatic rings. The third-order valence-corrected chi connectivity index (χ3v) is 5.95. The van der Waals surface area contributed by atoms with Crippen molar-refractivity contribution in [3.8, 4) is 5.75 Å². The van der Waals surface area contributed by atoms with Crippen molar-refractivity contribution in [1.82, 2.24) is 9.88 Å². The van der Waals surface area contributed by atoms with Crippen LogP contribution in [0.4, 0.5) is 0 Å². The fourth-order valence-electron chi connectivity index (χ4n) is 3.18. The molecule has 1 heterocycles. The predicted octanol–water partition coefficient (Wildman–Crippen LogP) is 5.37. The van der Waals surface area contributed by atoms with Crippen LogP contribution in [0.15, 0.2) is 53.9 Å². The van der Waals surface area contributed by atoms with Crippen LogP contribution in [-0.2, 0) is 24.6 Å². The van der Waals surface area contributed by atoms with Gasteiger partial charge in [-0.2, -0.15) is 0 Å². The highest BCUT2D eigenvalue weighted by Gasteiger charge is 2.22. The van der Waals surface area contributed by atoms with Gasteiger partial charge >= 0.3 is 0 Å². The summed E-state index contributed by atoms with van der Waals surface area (Å²) in [6, 6.07) is 15.3. The normalized spacial score (nSPS) is 11.9. The highest BCUT2D eigenvalue weighted by molar-refractivity contribution is 7.09. The summed E-state index contributed by atoms with van der Waals surface area (Å²) in [5, 5.41) is 12.4. The summed E-state index contributed by atoms with van der Waals surface area (Å²) in [7, 11) is 0. The molecule has 7 heteroatoms. The first-order chi connectivity index (χ1) is 14.5. The first-order valence-electron chi connectivity index (χ1n) is 9.81. The van der Waals surface area contributed by atoms with Crippen LogP contribution >= 0.6 is 22.9 Å². The number of halogens is 1. The maximum absolute atomic E-state index is 12.8. The zero-order chi connectivity index (χ0) is 21.5. The Hall–Kier alpha value is -2.41. The Morgan fingerprint density at radius 3 is 2.70 bits per heavy atom. The first-order valence-corrected chi connectivity index (χ1v) is 11.1. The van der Waals surface area contributed by atoms with Crippen LogP contribution in [0.25, 0.3) is 0 Å². The molecule has 0 aliphatic heterocycles. The van der Waals surface area contributed by atoms with E-state index in [1.165, 1.54) is 11.3 Å². The standard InChI is InChI=1S/C23H25ClN2O3S/c1-3-23(28)26(16(2)17-7-5-4-6-8-17)12-18-11-19(24)9-10-21(18)29-14-22-25-20(13-27)15-30-22/h4-11,15-16,27H,3,12-14H2,1-2H3. The zero-order valence-corrected chi connectivity index (χ0v) is 18.6. The number of aliphatic hydroxyl groups is 1. The minimum absolute atomic E-state index is 0.0600. The lowest BCUT2D eigenvalue weighted by atomic mass is 10.0. The van der Waals surface area contributed by atoms with Crippen LogP contribution in [0, 0.1) is 0 Å². The highest BCUT2D eigenvalue weighted by atomic mass is 35.5. The predicted molar refractivity (Wildman–Crippen MR) is 120 cm³/mol. The van der Waals surface area contributed by atoms with Crippen molar-refractivity contribution in [3.63, 3.8) is 0 Å². The maximum atomic E-state index is 12.8. The number of rotatable bonds is 9. The minimum atomic E-state index is -0.0891. The summed E-state index contributed by atoms with van der Waals surface area (Å²) in [6.07, 6.45) is 0.414. The molecule has 0 radical (unpaired) electrons. The van der Waals surface area contributed by atoms with Crippen LogP contribution in [0.2, 0.25) is 5.02 Å². The number of aromatic nitrogens is 1. The molecule has 2 aromatic carbocycles. The van der Waals surface area contributed by atoms with E-state index in [-0.39, 0.29) is 25.2 Å². The number of ether oxygens (including phenoxy) is 1. The number of amides is 1. The van der Waals surface area contributed by atoms with Crippen molar-refractivity contribution in [2.75, 3.05) is 0 Å². The molecule has 0 fully saturated rings. The van der Waals surface area contributed by atoms with E-state index < -0.39 is 0 Å². The van der Waals surface area contributed by atoms with Gasteiger partial charge in [0.05, 0.1) is 18.3 Å². The molecule has 1 atom stereocenters. The number of nitrogens with zero attached hydrogens (tertiary/aromatic N) is 2. The third-order valence-electron chi connectivity index (χ3n) is 4.85. The average molecular weight is 445 g/mol. The van der Waals surface area contributed by atoms with Crippen molar-refractivity contribution in [2.45, 2.75) is 46.1 Å². The summed E-state index contributed by atoms with van der Waals surface area (Å²) in [5.41, 5.74) is 2.54. The molecule has 1 N–H and O–H groups in total. The lowest BCUT2D eigenvalue weighted by Gasteiger charge is -2.30. The average Bonchev–Trinajstić information content (AvgIpc) is 3.24. The lowest BCUT2D eigenvalue weighted by Crippen LogP contribution is -2.32. The van der Waals surface area contributed by atoms with E-state index in [0.717, 1.165) is 16.1 Å². The molecule has 0 spiro atoms. The largest absolute Gasteiger partial charge is 0.486 e. The number of hydrogen-bond acceptors (Lipinski definition) is 5. The Bertz CT molecular complexity index is 978. The topological polar surface area (TPSA) is 62.7 Å². The summed E-state index contributed by atoms with van der Waals surface area (Å²) in [5.74, 6) is 0.721. The SMILES string of the molecule is CCC(=O)N(Cc1cc(Cl)ccc1OCc1nc(CO)cs1)C(C)c1ccccc1. The lowest BCUT2D eigenvalue weighted by molar-refractivity contribution is -0.133. The van der Waals surface area contributed by atoms with Gasteiger partial charge in [0.25, 0.3) is 0 Å². The zero-order valence-electron chi connectivity index (χ0n) is 17.0. The number of hydrogen-bond donors (Lipinski definition) is 1. The van der Waals surface area contributed by atoms with Crippen molar-refractivity contribution in [2.24, 2.45) is 0 Å². The monoisotopic (exact) mass is 444 g/mol. The molecule has 0 saturated heterocycles. The maximum Gasteiger partial charge on any atom is 0.223 e. The number of carbonyl (C=O) groups excluding carboxylic acids is 1. The molecule has 1 unspecified atom stereocenters. The van der Waals surface area contributed by atoms with E-state index in [2.05, 4.69) is 4.98 Å². The number of thiazole rings is 1. The van der Waals surface area contributed by atoms with Crippen molar-refractivity contribution in [3.05, 3.63) is 80.8 Å². The van der Waals surface area contributed by atoms with Crippen LogP contribution in [0.3, 0.4) is 0 Å². The second-order valence-electron chi connectivity index (χ2n) is 6.89. The Balaban J connectivity index is 1.83. The van der Waals surface area contributed by atoms with Gasteiger partial charge in [-0.25, -0.2) is 4.98 Å². The van der Waals surface area contributed by atoms with Crippen molar-refractivity contribution in [1.29, 1.82) is 0 Å². The fraction of sp³-hybridized carbons (Fsp3) is 0.304. The molecule has 0 saturated carbocycles. The number of aliphatic hydroxyl groups excluding tert-OH is 1. The quantitative estimate of drug-likeness (QED) is 0.482.